The fourth-order valence-corrected chi connectivity index (χ4v) is 2.15. The lowest BCUT2D eigenvalue weighted by Gasteiger charge is -2.13. The average molecular weight is 335 g/mol. The third kappa shape index (κ3) is 6.66. The molecule has 1 unspecified atom stereocenters. The van der Waals surface area contributed by atoms with E-state index in [9.17, 15) is 0 Å². The van der Waals surface area contributed by atoms with E-state index in [0.29, 0.717) is 11.1 Å². The van der Waals surface area contributed by atoms with Gasteiger partial charge in [-0.2, -0.15) is 0 Å². The van der Waals surface area contributed by atoms with E-state index >= 15 is 0 Å². The molecule has 0 amide bonds. The van der Waals surface area contributed by atoms with Gasteiger partial charge in [0.25, 0.3) is 0 Å². The van der Waals surface area contributed by atoms with Gasteiger partial charge in [-0.15, -0.1) is 0 Å². The van der Waals surface area contributed by atoms with Crippen LogP contribution in [0.25, 0.3) is 0 Å². The Kier molecular flexibility index (Phi) is 7.28. The van der Waals surface area contributed by atoms with Crippen LogP contribution in [-0.2, 0) is 9.59 Å². The first-order valence-electron chi connectivity index (χ1n) is 6.28. The smallest absolute Gasteiger partial charge is 0.414 e. The Labute approximate surface area is 132 Å². The first-order valence-corrected chi connectivity index (χ1v) is 7.04. The van der Waals surface area contributed by atoms with Gasteiger partial charge in [-0.3, -0.25) is 0 Å². The van der Waals surface area contributed by atoms with Crippen LogP contribution in [-0.4, -0.2) is 41.3 Å². The summed E-state index contributed by atoms with van der Waals surface area (Å²) in [6.07, 6.45) is 2.49. The van der Waals surface area contributed by atoms with E-state index in [1.54, 1.807) is 6.07 Å². The SMILES string of the molecule is Clc1ccc(Cl)c(NCC2CCCN2)c1.O=C(O)C(=O)O. The van der Waals surface area contributed by atoms with Crippen molar-refractivity contribution in [3.05, 3.63) is 28.2 Å². The zero-order chi connectivity index (χ0) is 15.8. The van der Waals surface area contributed by atoms with Crippen LogP contribution in [0.5, 0.6) is 0 Å². The highest BCUT2D eigenvalue weighted by atomic mass is 35.5. The van der Waals surface area contributed by atoms with E-state index in [4.69, 9.17) is 43.0 Å². The van der Waals surface area contributed by atoms with E-state index in [1.165, 1.54) is 12.8 Å². The molecule has 6 nitrogen and oxygen atoms in total. The number of aliphatic carboxylic acids is 2. The van der Waals surface area contributed by atoms with E-state index in [0.717, 1.165) is 23.8 Å². The maximum atomic E-state index is 9.10. The van der Waals surface area contributed by atoms with Gasteiger partial charge in [0.2, 0.25) is 0 Å². The average Bonchev–Trinajstić information content (AvgIpc) is 2.93. The zero-order valence-electron chi connectivity index (χ0n) is 11.1. The molecule has 1 aliphatic rings. The summed E-state index contributed by atoms with van der Waals surface area (Å²) in [4.78, 5) is 18.2. The summed E-state index contributed by atoms with van der Waals surface area (Å²) >= 11 is 11.9. The third-order valence-electron chi connectivity index (χ3n) is 2.81. The lowest BCUT2D eigenvalue weighted by Crippen LogP contribution is -2.29. The van der Waals surface area contributed by atoms with Gasteiger partial charge in [-0.1, -0.05) is 23.2 Å². The lowest BCUT2D eigenvalue weighted by atomic mass is 10.2. The summed E-state index contributed by atoms with van der Waals surface area (Å²) in [5.41, 5.74) is 0.915. The molecule has 8 heteroatoms. The topological polar surface area (TPSA) is 98.7 Å². The molecule has 0 spiro atoms. The molecule has 2 rings (SSSR count). The molecule has 4 N–H and O–H groups in total. The molecule has 21 heavy (non-hydrogen) atoms. The van der Waals surface area contributed by atoms with Crippen molar-refractivity contribution >= 4 is 40.8 Å². The normalized spacial score (nSPS) is 16.8. The van der Waals surface area contributed by atoms with Crippen molar-refractivity contribution in [3.63, 3.8) is 0 Å². The predicted molar refractivity (Wildman–Crippen MR) is 81.2 cm³/mol. The lowest BCUT2D eigenvalue weighted by molar-refractivity contribution is -0.159. The first kappa shape index (κ1) is 17.6. The number of hydrogen-bond acceptors (Lipinski definition) is 4. The minimum absolute atomic E-state index is 0.556. The molecule has 1 atom stereocenters. The van der Waals surface area contributed by atoms with Crippen molar-refractivity contribution in [3.8, 4) is 0 Å². The molecule has 1 saturated heterocycles. The number of hydrogen-bond donors (Lipinski definition) is 4. The minimum Gasteiger partial charge on any atom is -0.473 e. The van der Waals surface area contributed by atoms with Crippen molar-refractivity contribution in [1.82, 2.24) is 5.32 Å². The molecule has 1 fully saturated rings. The molecule has 0 bridgehead atoms. The van der Waals surface area contributed by atoms with Gasteiger partial charge in [0, 0.05) is 17.6 Å². The van der Waals surface area contributed by atoms with E-state index in [-0.39, 0.29) is 0 Å². The number of carbonyl (C=O) groups is 2. The molecule has 1 aromatic rings. The van der Waals surface area contributed by atoms with Crippen molar-refractivity contribution < 1.29 is 19.8 Å². The Morgan fingerprint density at radius 1 is 1.29 bits per heavy atom. The maximum absolute atomic E-state index is 9.10. The first-order chi connectivity index (χ1) is 9.90. The molecule has 0 aliphatic carbocycles. The molecule has 1 aliphatic heterocycles. The highest BCUT2D eigenvalue weighted by molar-refractivity contribution is 6.35. The minimum atomic E-state index is -1.82. The highest BCUT2D eigenvalue weighted by Gasteiger charge is 2.13. The van der Waals surface area contributed by atoms with Crippen molar-refractivity contribution in [2.75, 3.05) is 18.4 Å². The summed E-state index contributed by atoms with van der Waals surface area (Å²) in [6.45, 7) is 2.02. The molecule has 1 aromatic carbocycles. The molecule has 1 heterocycles. The Hall–Kier alpha value is -1.50. The second-order valence-electron chi connectivity index (χ2n) is 4.41. The van der Waals surface area contributed by atoms with Crippen molar-refractivity contribution in [1.29, 1.82) is 0 Å². The van der Waals surface area contributed by atoms with Crippen LogP contribution in [0.4, 0.5) is 5.69 Å². The second kappa shape index (κ2) is 8.71. The van der Waals surface area contributed by atoms with Gasteiger partial charge < -0.3 is 20.8 Å². The fourth-order valence-electron chi connectivity index (χ4n) is 1.80. The number of anilines is 1. The molecule has 0 saturated carbocycles. The molecular weight excluding hydrogens is 319 g/mol. The van der Waals surface area contributed by atoms with Crippen LogP contribution in [0.2, 0.25) is 10.0 Å². The molecular formula is C13H16Cl2N2O4. The van der Waals surface area contributed by atoms with Crippen LogP contribution < -0.4 is 10.6 Å². The van der Waals surface area contributed by atoms with Crippen molar-refractivity contribution in [2.24, 2.45) is 0 Å². The summed E-state index contributed by atoms with van der Waals surface area (Å²) in [7, 11) is 0. The number of benzene rings is 1. The summed E-state index contributed by atoms with van der Waals surface area (Å²) in [5, 5.41) is 23.0. The number of carboxylic acids is 2. The second-order valence-corrected chi connectivity index (χ2v) is 5.25. The van der Waals surface area contributed by atoms with E-state index in [2.05, 4.69) is 10.6 Å². The Balaban J connectivity index is 0.000000315. The van der Waals surface area contributed by atoms with Gasteiger partial charge in [0.05, 0.1) is 10.7 Å². The van der Waals surface area contributed by atoms with E-state index < -0.39 is 11.9 Å². The summed E-state index contributed by atoms with van der Waals surface area (Å²) in [6, 6.07) is 6.02. The van der Waals surface area contributed by atoms with Crippen LogP contribution in [0.3, 0.4) is 0 Å². The van der Waals surface area contributed by atoms with E-state index in [1.807, 2.05) is 12.1 Å². The zero-order valence-corrected chi connectivity index (χ0v) is 12.6. The Bertz CT molecular complexity index is 493. The molecule has 116 valence electrons. The monoisotopic (exact) mass is 334 g/mol. The number of halogens is 2. The van der Waals surface area contributed by atoms with Gasteiger partial charge in [0.15, 0.2) is 0 Å². The van der Waals surface area contributed by atoms with Gasteiger partial charge in [-0.05, 0) is 37.6 Å². The Morgan fingerprint density at radius 3 is 2.48 bits per heavy atom. The number of rotatable bonds is 3. The summed E-state index contributed by atoms with van der Waals surface area (Å²) in [5.74, 6) is -3.65. The predicted octanol–water partition coefficient (Wildman–Crippen LogP) is 2.31. The van der Waals surface area contributed by atoms with Crippen LogP contribution in [0.1, 0.15) is 12.8 Å². The van der Waals surface area contributed by atoms with Crippen LogP contribution in [0, 0.1) is 0 Å². The highest BCUT2D eigenvalue weighted by Crippen LogP contribution is 2.25. The maximum Gasteiger partial charge on any atom is 0.414 e. The number of nitrogens with one attached hydrogen (secondary N) is 2. The van der Waals surface area contributed by atoms with Crippen molar-refractivity contribution in [2.45, 2.75) is 18.9 Å². The molecule has 0 aromatic heterocycles. The van der Waals surface area contributed by atoms with Crippen LogP contribution in [0.15, 0.2) is 18.2 Å². The fraction of sp³-hybridized carbons (Fsp3) is 0.385. The quantitative estimate of drug-likeness (QED) is 0.633. The molecule has 0 radical (unpaired) electrons. The standard InChI is InChI=1S/C11H14Cl2N2.C2H2O4/c12-8-3-4-10(13)11(6-8)15-7-9-2-1-5-14-9;3-1(4)2(5)6/h3-4,6,9,14-15H,1-2,5,7H2;(H,3,4)(H,5,6). The van der Waals surface area contributed by atoms with Crippen LogP contribution >= 0.6 is 23.2 Å². The van der Waals surface area contributed by atoms with Gasteiger partial charge in [-0.25, -0.2) is 9.59 Å². The number of carboxylic acid groups (broad SMARTS) is 2. The van der Waals surface area contributed by atoms with Gasteiger partial charge in [0.1, 0.15) is 0 Å². The largest absolute Gasteiger partial charge is 0.473 e. The Morgan fingerprint density at radius 2 is 1.95 bits per heavy atom. The van der Waals surface area contributed by atoms with Gasteiger partial charge >= 0.3 is 11.9 Å². The summed E-state index contributed by atoms with van der Waals surface area (Å²) < 4.78 is 0. The third-order valence-corrected chi connectivity index (χ3v) is 3.38.